The molecule has 0 aliphatic rings. The van der Waals surface area contributed by atoms with Gasteiger partial charge in [-0.2, -0.15) is 0 Å². The van der Waals surface area contributed by atoms with Crippen LogP contribution in [0.25, 0.3) is 11.2 Å². The third-order valence-electron chi connectivity index (χ3n) is 6.67. The van der Waals surface area contributed by atoms with Crippen molar-refractivity contribution >= 4 is 30.7 Å². The van der Waals surface area contributed by atoms with Gasteiger partial charge in [-0.1, -0.05) is 103 Å². The molecule has 9 heteroatoms. The molecular weight excluding hydrogens is 485 g/mol. The van der Waals surface area contributed by atoms with Crippen LogP contribution in [-0.4, -0.2) is 51.5 Å². The quantitative estimate of drug-likeness (QED) is 0.125. The highest BCUT2D eigenvalue weighted by molar-refractivity contribution is 7.49. The normalized spacial score (nSPS) is 12.1. The van der Waals surface area contributed by atoms with E-state index in [0.29, 0.717) is 42.9 Å². The van der Waals surface area contributed by atoms with Crippen molar-refractivity contribution < 1.29 is 14.4 Å². The lowest BCUT2D eigenvalue weighted by Gasteiger charge is -2.05. The van der Waals surface area contributed by atoms with E-state index in [9.17, 15) is 4.89 Å². The van der Waals surface area contributed by atoms with Gasteiger partial charge in [0.2, 0.25) is 5.98 Å². The maximum atomic E-state index is 12.1. The van der Waals surface area contributed by atoms with Crippen LogP contribution in [0.5, 0.6) is 0 Å². The molecule has 0 amide bonds. The topological polar surface area (TPSA) is 111 Å². The molecule has 1 unspecified atom stereocenters. The first-order valence-electron chi connectivity index (χ1n) is 14.6. The lowest BCUT2D eigenvalue weighted by molar-refractivity contribution is -0.153. The summed E-state index contributed by atoms with van der Waals surface area (Å²) in [7, 11) is -1.53. The number of ether oxygens (including phenoxy) is 2. The van der Waals surface area contributed by atoms with Crippen molar-refractivity contribution in [1.82, 2.24) is 19.5 Å². The number of imidazole rings is 1. The van der Waals surface area contributed by atoms with Crippen LogP contribution in [0.15, 0.2) is 12.7 Å². The van der Waals surface area contributed by atoms with Crippen molar-refractivity contribution in [2.75, 3.05) is 31.7 Å². The lowest BCUT2D eigenvalue weighted by Crippen LogP contribution is -2.08. The number of hydrogen-bond acceptors (Lipinski definition) is 7. The van der Waals surface area contributed by atoms with Gasteiger partial charge in [-0.15, -0.1) is 0 Å². The van der Waals surface area contributed by atoms with Gasteiger partial charge < -0.3 is 24.7 Å². The summed E-state index contributed by atoms with van der Waals surface area (Å²) in [6.07, 6.45) is 25.4. The largest absolute Gasteiger partial charge is 0.629 e. The molecule has 0 spiro atoms. The Hall–Kier alpha value is -1.60. The average molecular weight is 536 g/mol. The predicted molar refractivity (Wildman–Crippen MR) is 154 cm³/mol. The second-order valence-electron chi connectivity index (χ2n) is 9.90. The van der Waals surface area contributed by atoms with Crippen LogP contribution in [0, 0.1) is 0 Å². The van der Waals surface area contributed by atoms with Crippen molar-refractivity contribution in [3.8, 4) is 0 Å². The summed E-state index contributed by atoms with van der Waals surface area (Å²) in [5.74, 6) is 1.79. The predicted octanol–water partition coefficient (Wildman–Crippen LogP) is 6.22. The molecule has 1 atom stereocenters. The van der Waals surface area contributed by atoms with Crippen molar-refractivity contribution in [2.24, 2.45) is 0 Å². The summed E-state index contributed by atoms with van der Waals surface area (Å²) in [6, 6.07) is 0. The number of unbranched alkanes of at least 4 members (excludes halogenated alkanes) is 15. The SMILES string of the molecule is CCCCCCCCCCCCCCCCCCOCC[P+]([O-])=COCCn1cnc2c(N)ncnc21. The van der Waals surface area contributed by atoms with Crippen molar-refractivity contribution in [3.63, 3.8) is 0 Å². The Bertz CT molecular complexity index is 861. The van der Waals surface area contributed by atoms with Crippen molar-refractivity contribution in [2.45, 2.75) is 116 Å². The zero-order chi connectivity index (χ0) is 26.4. The van der Waals surface area contributed by atoms with Crippen LogP contribution in [0.1, 0.15) is 110 Å². The highest BCUT2D eigenvalue weighted by Gasteiger charge is 2.07. The van der Waals surface area contributed by atoms with Crippen molar-refractivity contribution in [1.29, 1.82) is 0 Å². The summed E-state index contributed by atoms with van der Waals surface area (Å²) in [6.45, 7) is 4.47. The molecule has 37 heavy (non-hydrogen) atoms. The summed E-state index contributed by atoms with van der Waals surface area (Å²) in [4.78, 5) is 24.4. The maximum absolute atomic E-state index is 12.1. The van der Waals surface area contributed by atoms with Gasteiger partial charge in [0.25, 0.3) is 0 Å². The smallest absolute Gasteiger partial charge is 0.208 e. The Balaban J connectivity index is 1.32. The second-order valence-corrected chi connectivity index (χ2v) is 11.4. The third-order valence-corrected chi connectivity index (χ3v) is 7.68. The Morgan fingerprint density at radius 3 is 2.03 bits per heavy atom. The summed E-state index contributed by atoms with van der Waals surface area (Å²) >= 11 is 0. The van der Waals surface area contributed by atoms with Crippen LogP contribution in [0.4, 0.5) is 5.82 Å². The van der Waals surface area contributed by atoms with Crippen LogP contribution >= 0.6 is 7.77 Å². The maximum Gasteiger partial charge on any atom is 0.208 e. The molecule has 2 heterocycles. The van der Waals surface area contributed by atoms with E-state index in [1.165, 1.54) is 109 Å². The highest BCUT2D eigenvalue weighted by Crippen LogP contribution is 2.15. The third kappa shape index (κ3) is 14.8. The van der Waals surface area contributed by atoms with Gasteiger partial charge in [0.1, 0.15) is 18.0 Å². The molecule has 2 aromatic rings. The fourth-order valence-electron chi connectivity index (χ4n) is 4.41. The molecule has 2 aromatic heterocycles. The molecule has 0 saturated carbocycles. The van der Waals surface area contributed by atoms with E-state index in [2.05, 4.69) is 21.9 Å². The van der Waals surface area contributed by atoms with Gasteiger partial charge >= 0.3 is 0 Å². The molecule has 8 nitrogen and oxygen atoms in total. The molecule has 0 aliphatic carbocycles. The molecule has 2 rings (SSSR count). The average Bonchev–Trinajstić information content (AvgIpc) is 3.32. The van der Waals surface area contributed by atoms with E-state index < -0.39 is 7.77 Å². The van der Waals surface area contributed by atoms with Gasteiger partial charge in [0.05, 0.1) is 27.3 Å². The molecule has 210 valence electrons. The van der Waals surface area contributed by atoms with E-state index in [0.717, 1.165) is 13.0 Å². The fourth-order valence-corrected chi connectivity index (χ4v) is 5.10. The summed E-state index contributed by atoms with van der Waals surface area (Å²) < 4.78 is 12.9. The number of nitrogens with two attached hydrogens (primary N) is 1. The van der Waals surface area contributed by atoms with Gasteiger partial charge in [0.15, 0.2) is 11.5 Å². The zero-order valence-electron chi connectivity index (χ0n) is 23.1. The Labute approximate surface area is 225 Å². The van der Waals surface area contributed by atoms with E-state index in [4.69, 9.17) is 15.2 Å². The van der Waals surface area contributed by atoms with E-state index in [1.807, 2.05) is 4.57 Å². The van der Waals surface area contributed by atoms with E-state index in [-0.39, 0.29) is 0 Å². The minimum absolute atomic E-state index is 0.360. The highest BCUT2D eigenvalue weighted by atomic mass is 31.1. The van der Waals surface area contributed by atoms with Gasteiger partial charge in [-0.3, -0.25) is 0 Å². The number of aromatic nitrogens is 4. The van der Waals surface area contributed by atoms with E-state index in [1.54, 1.807) is 6.33 Å². The number of fused-ring (bicyclic) bond motifs is 1. The Morgan fingerprint density at radius 1 is 0.811 bits per heavy atom. The van der Waals surface area contributed by atoms with Crippen LogP contribution in [0.2, 0.25) is 0 Å². The zero-order valence-corrected chi connectivity index (χ0v) is 24.0. The standard InChI is InChI=1S/C28H50N5O3P/c1-2-3-4-5-6-7-8-9-10-11-12-13-14-15-16-17-19-35-21-22-37(34)25-36-20-18-33-24-32-26-27(29)30-23-31-28(26)33/h23-25H,2-22H2,1H3,(H2,29,30,31). The molecule has 0 radical (unpaired) electrons. The Kier molecular flexibility index (Phi) is 18.2. The summed E-state index contributed by atoms with van der Waals surface area (Å²) in [5, 5.41) is 0. The molecule has 0 bridgehead atoms. The first-order valence-corrected chi connectivity index (χ1v) is 16.1. The van der Waals surface area contributed by atoms with Gasteiger partial charge in [-0.25, -0.2) is 15.0 Å². The van der Waals surface area contributed by atoms with Crippen LogP contribution in [0.3, 0.4) is 0 Å². The summed E-state index contributed by atoms with van der Waals surface area (Å²) in [5.41, 5.74) is 7.04. The minimum atomic E-state index is -1.53. The Morgan fingerprint density at radius 2 is 1.41 bits per heavy atom. The number of hydrogen-bond donors (Lipinski definition) is 1. The fraction of sp³-hybridized carbons (Fsp3) is 0.786. The molecule has 2 N–H and O–H groups in total. The van der Waals surface area contributed by atoms with Crippen LogP contribution < -0.4 is 10.6 Å². The molecule has 0 saturated heterocycles. The molecular formula is C28H50N5O3P. The lowest BCUT2D eigenvalue weighted by atomic mass is 10.0. The number of rotatable bonds is 24. The second kappa shape index (κ2) is 21.3. The van der Waals surface area contributed by atoms with Crippen LogP contribution in [-0.2, 0) is 16.0 Å². The minimum Gasteiger partial charge on any atom is -0.629 e. The number of nitrogens with zero attached hydrogens (tertiary/aromatic N) is 4. The number of nitrogen functional groups attached to an aromatic ring is 1. The van der Waals surface area contributed by atoms with Crippen molar-refractivity contribution in [3.05, 3.63) is 12.7 Å². The van der Waals surface area contributed by atoms with Gasteiger partial charge in [0, 0.05) is 13.2 Å². The molecule has 0 aliphatic heterocycles. The first kappa shape index (κ1) is 31.6. The van der Waals surface area contributed by atoms with E-state index >= 15 is 0 Å². The molecule has 0 fully saturated rings. The molecule has 0 aromatic carbocycles. The first-order chi connectivity index (χ1) is 18.2. The number of anilines is 1. The van der Waals surface area contributed by atoms with Gasteiger partial charge in [-0.05, 0) is 6.42 Å². The monoisotopic (exact) mass is 535 g/mol.